The number of fused-ring (bicyclic) bond motifs is 1. The molecule has 0 spiro atoms. The number of hydrogen-bond acceptors (Lipinski definition) is 3. The molecular formula is C8H6N4. The Kier molecular flexibility index (Phi) is 1.31. The molecular weight excluding hydrogens is 152 g/mol. The SMILES string of the molecule is Cc1nnc2ccc(C#N)cn12. The van der Waals surface area contributed by atoms with Gasteiger partial charge in [0.1, 0.15) is 11.9 Å². The molecule has 0 amide bonds. The van der Waals surface area contributed by atoms with Crippen molar-refractivity contribution in [3.63, 3.8) is 0 Å². The van der Waals surface area contributed by atoms with E-state index in [1.807, 2.05) is 6.92 Å². The van der Waals surface area contributed by atoms with Gasteiger partial charge in [0.05, 0.1) is 5.56 Å². The zero-order valence-electron chi connectivity index (χ0n) is 6.52. The lowest BCUT2D eigenvalue weighted by Gasteiger charge is -1.93. The van der Waals surface area contributed by atoms with E-state index in [0.29, 0.717) is 5.56 Å². The normalized spacial score (nSPS) is 10.0. The number of rotatable bonds is 0. The van der Waals surface area contributed by atoms with Crippen LogP contribution in [0.25, 0.3) is 5.65 Å². The van der Waals surface area contributed by atoms with Crippen LogP contribution in [0, 0.1) is 18.3 Å². The highest BCUT2D eigenvalue weighted by Gasteiger charge is 1.99. The van der Waals surface area contributed by atoms with Crippen molar-refractivity contribution in [2.24, 2.45) is 0 Å². The smallest absolute Gasteiger partial charge is 0.160 e. The van der Waals surface area contributed by atoms with Gasteiger partial charge in [0.25, 0.3) is 0 Å². The fourth-order valence-electron chi connectivity index (χ4n) is 1.07. The standard InChI is InChI=1S/C8H6N4/c1-6-10-11-8-3-2-7(4-9)5-12(6)8/h2-3,5H,1H3. The number of nitrogens with zero attached hydrogens (tertiary/aromatic N) is 4. The first-order valence-electron chi connectivity index (χ1n) is 3.53. The minimum Gasteiger partial charge on any atom is -0.285 e. The first-order chi connectivity index (χ1) is 5.81. The van der Waals surface area contributed by atoms with Crippen molar-refractivity contribution in [2.75, 3.05) is 0 Å². The van der Waals surface area contributed by atoms with Gasteiger partial charge in [0, 0.05) is 6.20 Å². The largest absolute Gasteiger partial charge is 0.285 e. The number of hydrogen-bond donors (Lipinski definition) is 0. The fraction of sp³-hybridized carbons (Fsp3) is 0.125. The summed E-state index contributed by atoms with van der Waals surface area (Å²) < 4.78 is 1.79. The van der Waals surface area contributed by atoms with Crippen molar-refractivity contribution < 1.29 is 0 Å². The van der Waals surface area contributed by atoms with E-state index >= 15 is 0 Å². The second-order valence-corrected chi connectivity index (χ2v) is 2.50. The topological polar surface area (TPSA) is 54.0 Å². The van der Waals surface area contributed by atoms with Crippen LogP contribution in [-0.2, 0) is 0 Å². The van der Waals surface area contributed by atoms with E-state index in [1.54, 1.807) is 22.7 Å². The summed E-state index contributed by atoms with van der Waals surface area (Å²) in [5.41, 5.74) is 1.39. The van der Waals surface area contributed by atoms with Crippen molar-refractivity contribution >= 4 is 5.65 Å². The third kappa shape index (κ3) is 0.839. The molecule has 2 heterocycles. The zero-order chi connectivity index (χ0) is 8.55. The van der Waals surface area contributed by atoms with E-state index in [9.17, 15) is 0 Å². The third-order valence-corrected chi connectivity index (χ3v) is 1.70. The van der Waals surface area contributed by atoms with Gasteiger partial charge in [-0.2, -0.15) is 5.26 Å². The van der Waals surface area contributed by atoms with Gasteiger partial charge in [-0.1, -0.05) is 0 Å². The lowest BCUT2D eigenvalue weighted by atomic mass is 10.3. The molecule has 0 saturated heterocycles. The molecule has 0 saturated carbocycles. The van der Waals surface area contributed by atoms with E-state index in [-0.39, 0.29) is 0 Å². The highest BCUT2D eigenvalue weighted by atomic mass is 15.2. The van der Waals surface area contributed by atoms with Gasteiger partial charge in [-0.05, 0) is 19.1 Å². The van der Waals surface area contributed by atoms with Crippen LogP contribution in [0.2, 0.25) is 0 Å². The van der Waals surface area contributed by atoms with Crippen LogP contribution in [0.1, 0.15) is 11.4 Å². The van der Waals surface area contributed by atoms with Crippen molar-refractivity contribution in [1.29, 1.82) is 5.26 Å². The van der Waals surface area contributed by atoms with Gasteiger partial charge in [-0.3, -0.25) is 4.40 Å². The summed E-state index contributed by atoms with van der Waals surface area (Å²) in [6.07, 6.45) is 1.73. The zero-order valence-corrected chi connectivity index (χ0v) is 6.52. The molecule has 2 rings (SSSR count). The van der Waals surface area contributed by atoms with Crippen LogP contribution in [0.5, 0.6) is 0 Å². The lowest BCUT2D eigenvalue weighted by molar-refractivity contribution is 1.00. The van der Waals surface area contributed by atoms with Crippen LogP contribution < -0.4 is 0 Å². The molecule has 0 aliphatic rings. The summed E-state index contributed by atoms with van der Waals surface area (Å²) in [7, 11) is 0. The van der Waals surface area contributed by atoms with E-state index in [0.717, 1.165) is 11.5 Å². The molecule has 0 fully saturated rings. The Labute approximate surface area is 69.1 Å². The summed E-state index contributed by atoms with van der Waals surface area (Å²) in [6.45, 7) is 1.85. The summed E-state index contributed by atoms with van der Waals surface area (Å²) in [4.78, 5) is 0. The second-order valence-electron chi connectivity index (χ2n) is 2.50. The molecule has 58 valence electrons. The second kappa shape index (κ2) is 2.31. The molecule has 4 nitrogen and oxygen atoms in total. The highest BCUT2D eigenvalue weighted by molar-refractivity contribution is 5.42. The Balaban J connectivity index is 2.82. The van der Waals surface area contributed by atoms with Crippen LogP contribution in [0.15, 0.2) is 18.3 Å². The maximum atomic E-state index is 8.62. The number of pyridine rings is 1. The highest BCUT2D eigenvalue weighted by Crippen LogP contribution is 2.04. The van der Waals surface area contributed by atoms with Gasteiger partial charge in [0.15, 0.2) is 5.65 Å². The quantitative estimate of drug-likeness (QED) is 0.572. The molecule has 12 heavy (non-hydrogen) atoms. The first kappa shape index (κ1) is 6.80. The Morgan fingerprint density at radius 3 is 3.00 bits per heavy atom. The van der Waals surface area contributed by atoms with Gasteiger partial charge in [-0.25, -0.2) is 0 Å². The Morgan fingerprint density at radius 1 is 1.42 bits per heavy atom. The molecule has 0 aliphatic carbocycles. The molecule has 0 aromatic carbocycles. The summed E-state index contributed by atoms with van der Waals surface area (Å²) in [5.74, 6) is 0.794. The van der Waals surface area contributed by atoms with Crippen LogP contribution in [0.4, 0.5) is 0 Å². The molecule has 0 aliphatic heterocycles. The minimum absolute atomic E-state index is 0.616. The van der Waals surface area contributed by atoms with Crippen LogP contribution >= 0.6 is 0 Å². The average molecular weight is 158 g/mol. The maximum absolute atomic E-state index is 8.62. The molecule has 2 aromatic rings. The van der Waals surface area contributed by atoms with Crippen molar-refractivity contribution in [3.8, 4) is 6.07 Å². The van der Waals surface area contributed by atoms with E-state index in [4.69, 9.17) is 5.26 Å². The van der Waals surface area contributed by atoms with Crippen molar-refractivity contribution in [1.82, 2.24) is 14.6 Å². The Bertz CT molecular complexity index is 463. The predicted molar refractivity (Wildman–Crippen MR) is 42.4 cm³/mol. The van der Waals surface area contributed by atoms with Crippen molar-refractivity contribution in [2.45, 2.75) is 6.92 Å². The number of aryl methyl sites for hydroxylation is 1. The van der Waals surface area contributed by atoms with Gasteiger partial charge in [-0.15, -0.1) is 10.2 Å². The minimum atomic E-state index is 0.616. The Morgan fingerprint density at radius 2 is 2.25 bits per heavy atom. The summed E-state index contributed by atoms with van der Waals surface area (Å²) in [6, 6.07) is 5.56. The van der Waals surface area contributed by atoms with Gasteiger partial charge in [0.2, 0.25) is 0 Å². The first-order valence-corrected chi connectivity index (χ1v) is 3.53. The summed E-state index contributed by atoms with van der Waals surface area (Å²) in [5, 5.41) is 16.4. The molecule has 4 heteroatoms. The molecule has 0 bridgehead atoms. The molecule has 0 radical (unpaired) electrons. The molecule has 0 N–H and O–H groups in total. The van der Waals surface area contributed by atoms with Crippen LogP contribution in [-0.4, -0.2) is 14.6 Å². The molecule has 0 unspecified atom stereocenters. The molecule has 0 atom stereocenters. The summed E-state index contributed by atoms with van der Waals surface area (Å²) >= 11 is 0. The van der Waals surface area contributed by atoms with Gasteiger partial charge >= 0.3 is 0 Å². The van der Waals surface area contributed by atoms with E-state index in [1.165, 1.54) is 0 Å². The molecule has 2 aromatic heterocycles. The average Bonchev–Trinajstić information content (AvgIpc) is 2.47. The fourth-order valence-corrected chi connectivity index (χ4v) is 1.07. The van der Waals surface area contributed by atoms with Gasteiger partial charge < -0.3 is 0 Å². The monoisotopic (exact) mass is 158 g/mol. The predicted octanol–water partition coefficient (Wildman–Crippen LogP) is 0.909. The number of nitriles is 1. The third-order valence-electron chi connectivity index (χ3n) is 1.70. The maximum Gasteiger partial charge on any atom is 0.160 e. The van der Waals surface area contributed by atoms with E-state index < -0.39 is 0 Å². The van der Waals surface area contributed by atoms with Crippen molar-refractivity contribution in [3.05, 3.63) is 29.7 Å². The van der Waals surface area contributed by atoms with Crippen LogP contribution in [0.3, 0.4) is 0 Å². The Hall–Kier alpha value is -1.89. The van der Waals surface area contributed by atoms with E-state index in [2.05, 4.69) is 16.3 Å². The number of aromatic nitrogens is 3. The lowest BCUT2D eigenvalue weighted by Crippen LogP contribution is -1.88.